The predicted molar refractivity (Wildman–Crippen MR) is 110 cm³/mol. The molecule has 6 nitrogen and oxygen atoms in total. The van der Waals surface area contributed by atoms with Gasteiger partial charge < -0.3 is 9.64 Å². The van der Waals surface area contributed by atoms with Crippen LogP contribution in [-0.4, -0.2) is 51.8 Å². The molecule has 1 aromatic heterocycles. The molecule has 1 N–H and O–H groups in total. The van der Waals surface area contributed by atoms with Crippen LogP contribution in [0.5, 0.6) is 0 Å². The summed E-state index contributed by atoms with van der Waals surface area (Å²) >= 11 is 7.96. The molecule has 2 heterocycles. The maximum Gasteiger partial charge on any atom is 0.214 e. The summed E-state index contributed by atoms with van der Waals surface area (Å²) < 4.78 is 7.79. The number of tetrazole rings is 1. The predicted octanol–water partition coefficient (Wildman–Crippen LogP) is 2.20. The van der Waals surface area contributed by atoms with Crippen LogP contribution in [0.25, 0.3) is 5.69 Å². The number of rotatable bonds is 6. The second-order valence-corrected chi connectivity index (χ2v) is 8.33. The zero-order valence-corrected chi connectivity index (χ0v) is 17.3. The van der Waals surface area contributed by atoms with Crippen molar-refractivity contribution in [3.8, 4) is 5.69 Å². The van der Waals surface area contributed by atoms with Crippen molar-refractivity contribution < 1.29 is 9.64 Å². The molecule has 4 rings (SSSR count). The lowest BCUT2D eigenvalue weighted by molar-refractivity contribution is -0.924. The zero-order valence-electron chi connectivity index (χ0n) is 15.7. The third-order valence-electron chi connectivity index (χ3n) is 4.91. The molecular formula is C20H23ClN5OS+. The minimum absolute atomic E-state index is 0.165. The number of halogens is 1. The number of benzene rings is 2. The van der Waals surface area contributed by atoms with E-state index in [1.807, 2.05) is 36.4 Å². The molecule has 1 unspecified atom stereocenters. The van der Waals surface area contributed by atoms with Gasteiger partial charge in [0.15, 0.2) is 0 Å². The third kappa shape index (κ3) is 4.55. The number of morpholine rings is 1. The van der Waals surface area contributed by atoms with Crippen molar-refractivity contribution >= 4 is 23.4 Å². The number of ether oxygens (including phenoxy) is 1. The summed E-state index contributed by atoms with van der Waals surface area (Å²) in [7, 11) is 0. The van der Waals surface area contributed by atoms with Crippen LogP contribution >= 0.6 is 23.4 Å². The molecule has 3 aromatic rings. The molecule has 146 valence electrons. The second-order valence-electron chi connectivity index (χ2n) is 6.94. The number of quaternary nitrogens is 1. The number of para-hydroxylation sites is 1. The molecule has 0 bridgehead atoms. The quantitative estimate of drug-likeness (QED) is 0.624. The molecule has 0 aliphatic carbocycles. The fourth-order valence-electron chi connectivity index (χ4n) is 3.42. The van der Waals surface area contributed by atoms with E-state index in [4.69, 9.17) is 16.3 Å². The highest BCUT2D eigenvalue weighted by molar-refractivity contribution is 7.99. The van der Waals surface area contributed by atoms with Crippen LogP contribution in [0.4, 0.5) is 0 Å². The molecule has 28 heavy (non-hydrogen) atoms. The molecule has 1 aliphatic heterocycles. The van der Waals surface area contributed by atoms with Gasteiger partial charge in [-0.25, -0.2) is 0 Å². The van der Waals surface area contributed by atoms with Crippen LogP contribution in [0.2, 0.25) is 5.02 Å². The monoisotopic (exact) mass is 416 g/mol. The Bertz CT molecular complexity index is 934. The van der Waals surface area contributed by atoms with E-state index in [1.54, 1.807) is 16.4 Å². The molecule has 2 atom stereocenters. The number of thioether (sulfide) groups is 1. The Kier molecular flexibility index (Phi) is 6.26. The van der Waals surface area contributed by atoms with E-state index in [1.165, 1.54) is 10.5 Å². The summed E-state index contributed by atoms with van der Waals surface area (Å²) in [6, 6.07) is 16.2. The standard InChI is InChI=1S/C20H22ClN5OS/c1-15-6-2-5-9-19(15)26-20(22-23-24-26)28-14-17-13-25(10-11-27-17)12-16-7-3-4-8-18(16)21/h2-9,17H,10-14H2,1H3/p+1/t17-/m0/s1. The number of nitrogens with zero attached hydrogens (tertiary/aromatic N) is 4. The van der Waals surface area contributed by atoms with Crippen molar-refractivity contribution in [2.75, 3.05) is 25.4 Å². The topological polar surface area (TPSA) is 57.3 Å². The fraction of sp³-hybridized carbons (Fsp3) is 0.350. The van der Waals surface area contributed by atoms with E-state index in [0.717, 1.165) is 53.4 Å². The maximum atomic E-state index is 6.32. The molecule has 0 radical (unpaired) electrons. The molecule has 0 amide bonds. The molecule has 2 aromatic carbocycles. The number of hydrogen-bond donors (Lipinski definition) is 1. The smallest absolute Gasteiger partial charge is 0.214 e. The first-order valence-corrected chi connectivity index (χ1v) is 10.7. The van der Waals surface area contributed by atoms with Crippen molar-refractivity contribution in [2.45, 2.75) is 24.7 Å². The van der Waals surface area contributed by atoms with Crippen LogP contribution in [0, 0.1) is 6.92 Å². The number of hydrogen-bond acceptors (Lipinski definition) is 5. The van der Waals surface area contributed by atoms with Gasteiger partial charge in [0.05, 0.1) is 12.3 Å². The van der Waals surface area contributed by atoms with Gasteiger partial charge in [-0.1, -0.05) is 59.8 Å². The van der Waals surface area contributed by atoms with Gasteiger partial charge in [-0.15, -0.1) is 5.10 Å². The summed E-state index contributed by atoms with van der Waals surface area (Å²) in [5.74, 6) is 0.818. The average Bonchev–Trinajstić information content (AvgIpc) is 3.17. The van der Waals surface area contributed by atoms with Crippen LogP contribution in [0.15, 0.2) is 53.7 Å². The van der Waals surface area contributed by atoms with Crippen LogP contribution in [-0.2, 0) is 11.3 Å². The van der Waals surface area contributed by atoms with Crippen molar-refractivity contribution in [1.82, 2.24) is 20.2 Å². The lowest BCUT2D eigenvalue weighted by Crippen LogP contribution is -3.13. The fourth-order valence-corrected chi connectivity index (χ4v) is 4.52. The Hall–Kier alpha value is -1.93. The van der Waals surface area contributed by atoms with Gasteiger partial charge in [0.25, 0.3) is 0 Å². The third-order valence-corrected chi connectivity index (χ3v) is 6.33. The summed E-state index contributed by atoms with van der Waals surface area (Å²) in [5, 5.41) is 13.9. The summed E-state index contributed by atoms with van der Waals surface area (Å²) in [6.45, 7) is 5.68. The average molecular weight is 417 g/mol. The van der Waals surface area contributed by atoms with Crippen LogP contribution < -0.4 is 4.90 Å². The summed E-state index contributed by atoms with van der Waals surface area (Å²) in [6.07, 6.45) is 0.165. The van der Waals surface area contributed by atoms with E-state index in [-0.39, 0.29) is 6.10 Å². The van der Waals surface area contributed by atoms with Crippen LogP contribution in [0.3, 0.4) is 0 Å². The molecule has 0 spiro atoms. The second kappa shape index (κ2) is 9.05. The van der Waals surface area contributed by atoms with E-state index in [0.29, 0.717) is 0 Å². The van der Waals surface area contributed by atoms with Crippen molar-refractivity contribution in [1.29, 1.82) is 0 Å². The van der Waals surface area contributed by atoms with E-state index in [2.05, 4.69) is 34.6 Å². The molecule has 1 saturated heterocycles. The van der Waals surface area contributed by atoms with Gasteiger partial charge in [0, 0.05) is 16.3 Å². The summed E-state index contributed by atoms with van der Waals surface area (Å²) in [4.78, 5) is 1.49. The summed E-state index contributed by atoms with van der Waals surface area (Å²) in [5.41, 5.74) is 3.34. The number of aryl methyl sites for hydroxylation is 1. The van der Waals surface area contributed by atoms with Gasteiger partial charge in [-0.05, 0) is 35.0 Å². The Morgan fingerprint density at radius 1 is 1.21 bits per heavy atom. The number of aromatic nitrogens is 4. The Labute approximate surface area is 173 Å². The van der Waals surface area contributed by atoms with Gasteiger partial charge in [0.1, 0.15) is 25.7 Å². The van der Waals surface area contributed by atoms with Crippen LogP contribution in [0.1, 0.15) is 11.1 Å². The Balaban J connectivity index is 1.38. The minimum Gasteiger partial charge on any atom is -0.366 e. The van der Waals surface area contributed by atoms with Gasteiger partial charge >= 0.3 is 0 Å². The van der Waals surface area contributed by atoms with Crippen molar-refractivity contribution in [2.24, 2.45) is 0 Å². The molecule has 8 heteroatoms. The molecule has 0 saturated carbocycles. The Morgan fingerprint density at radius 3 is 2.89 bits per heavy atom. The highest BCUT2D eigenvalue weighted by atomic mass is 35.5. The van der Waals surface area contributed by atoms with Gasteiger partial charge in [0.2, 0.25) is 5.16 Å². The lowest BCUT2D eigenvalue weighted by atomic mass is 10.2. The molecule has 1 fully saturated rings. The highest BCUT2D eigenvalue weighted by Crippen LogP contribution is 2.21. The normalized spacial score (nSPS) is 19.6. The SMILES string of the molecule is Cc1ccccc1-n1nnnc1SC[C@@H]1C[NH+](Cc2ccccc2Cl)CCO1. The van der Waals surface area contributed by atoms with Crippen molar-refractivity contribution in [3.05, 3.63) is 64.7 Å². The molecule has 1 aliphatic rings. The van der Waals surface area contributed by atoms with E-state index < -0.39 is 0 Å². The largest absolute Gasteiger partial charge is 0.366 e. The Morgan fingerprint density at radius 2 is 2.04 bits per heavy atom. The first kappa shape index (κ1) is 19.4. The number of nitrogens with one attached hydrogen (secondary N) is 1. The molecular weight excluding hydrogens is 394 g/mol. The highest BCUT2D eigenvalue weighted by Gasteiger charge is 2.25. The zero-order chi connectivity index (χ0) is 19.3. The van der Waals surface area contributed by atoms with E-state index >= 15 is 0 Å². The van der Waals surface area contributed by atoms with Crippen molar-refractivity contribution in [3.63, 3.8) is 0 Å². The van der Waals surface area contributed by atoms with Gasteiger partial charge in [-0.3, -0.25) is 0 Å². The first-order valence-electron chi connectivity index (χ1n) is 9.36. The van der Waals surface area contributed by atoms with Gasteiger partial charge in [-0.2, -0.15) is 4.68 Å². The lowest BCUT2D eigenvalue weighted by Gasteiger charge is -2.30. The minimum atomic E-state index is 0.165. The van der Waals surface area contributed by atoms with E-state index in [9.17, 15) is 0 Å². The maximum absolute atomic E-state index is 6.32. The first-order chi connectivity index (χ1) is 13.7.